The van der Waals surface area contributed by atoms with Crippen LogP contribution in [0.25, 0.3) is 5.69 Å². The lowest BCUT2D eigenvalue weighted by Crippen LogP contribution is -2.41. The Kier molecular flexibility index (Phi) is 6.59. The van der Waals surface area contributed by atoms with Crippen LogP contribution in [0.15, 0.2) is 77.3 Å². The summed E-state index contributed by atoms with van der Waals surface area (Å²) >= 11 is 3.06. The molecular weight excluding hydrogens is 456 g/mol. The van der Waals surface area contributed by atoms with E-state index in [2.05, 4.69) is 27.0 Å². The molecule has 2 aromatic heterocycles. The Bertz CT molecular complexity index is 1210. The maximum Gasteiger partial charge on any atom is 0.230 e. The molecule has 0 fully saturated rings. The Morgan fingerprint density at radius 3 is 2.70 bits per heavy atom. The van der Waals surface area contributed by atoms with Gasteiger partial charge in [0.1, 0.15) is 18.5 Å². The molecule has 1 aliphatic rings. The van der Waals surface area contributed by atoms with Gasteiger partial charge in [-0.2, -0.15) is 0 Å². The van der Waals surface area contributed by atoms with Gasteiger partial charge >= 0.3 is 0 Å². The second-order valence-electron chi connectivity index (χ2n) is 7.42. The van der Waals surface area contributed by atoms with E-state index in [1.54, 1.807) is 11.3 Å². The third-order valence-electron chi connectivity index (χ3n) is 5.05. The average Bonchev–Trinajstić information content (AvgIpc) is 3.52. The lowest BCUT2D eigenvalue weighted by molar-refractivity contribution is -0.119. The van der Waals surface area contributed by atoms with Crippen molar-refractivity contribution in [3.8, 4) is 17.2 Å². The van der Waals surface area contributed by atoms with E-state index in [1.807, 2.05) is 65.2 Å². The third-order valence-corrected chi connectivity index (χ3v) is 6.86. The third kappa shape index (κ3) is 5.20. The fourth-order valence-electron chi connectivity index (χ4n) is 3.49. The molecule has 5 rings (SSSR count). The van der Waals surface area contributed by atoms with Gasteiger partial charge < -0.3 is 14.8 Å². The normalized spacial score (nSPS) is 14.7. The van der Waals surface area contributed by atoms with Crippen LogP contribution in [0.1, 0.15) is 10.7 Å². The van der Waals surface area contributed by atoms with Gasteiger partial charge in [-0.05, 0) is 35.7 Å². The highest BCUT2D eigenvalue weighted by molar-refractivity contribution is 7.99. The average molecular weight is 479 g/mol. The zero-order valence-corrected chi connectivity index (χ0v) is 19.3. The molecule has 2 aromatic carbocycles. The first-order valence-electron chi connectivity index (χ1n) is 10.6. The van der Waals surface area contributed by atoms with Gasteiger partial charge in [-0.3, -0.25) is 9.36 Å². The van der Waals surface area contributed by atoms with Gasteiger partial charge in [0.05, 0.1) is 12.3 Å². The maximum absolute atomic E-state index is 12.5. The molecule has 33 heavy (non-hydrogen) atoms. The first kappa shape index (κ1) is 21.5. The van der Waals surface area contributed by atoms with Crippen LogP contribution in [-0.2, 0) is 11.2 Å². The van der Waals surface area contributed by atoms with Crippen molar-refractivity contribution in [2.75, 3.05) is 18.9 Å². The summed E-state index contributed by atoms with van der Waals surface area (Å²) in [5.41, 5.74) is 0.975. The molecule has 168 valence electrons. The predicted octanol–water partition coefficient (Wildman–Crippen LogP) is 3.97. The van der Waals surface area contributed by atoms with E-state index in [9.17, 15) is 4.79 Å². The molecule has 9 heteroatoms. The van der Waals surface area contributed by atoms with Crippen molar-refractivity contribution in [3.05, 3.63) is 82.8 Å². The molecule has 1 unspecified atom stereocenters. The Morgan fingerprint density at radius 2 is 1.88 bits per heavy atom. The summed E-state index contributed by atoms with van der Waals surface area (Å²) < 4.78 is 13.6. The summed E-state index contributed by atoms with van der Waals surface area (Å²) in [6.45, 7) is 0.779. The van der Waals surface area contributed by atoms with Gasteiger partial charge in [0.15, 0.2) is 16.7 Å². The van der Waals surface area contributed by atoms with Crippen LogP contribution < -0.4 is 14.8 Å². The number of fused-ring (bicyclic) bond motifs is 1. The van der Waals surface area contributed by atoms with Gasteiger partial charge in [-0.15, -0.1) is 21.5 Å². The monoisotopic (exact) mass is 478 g/mol. The van der Waals surface area contributed by atoms with Crippen molar-refractivity contribution in [2.45, 2.75) is 17.7 Å². The van der Waals surface area contributed by atoms with E-state index >= 15 is 0 Å². The van der Waals surface area contributed by atoms with Crippen molar-refractivity contribution < 1.29 is 14.3 Å². The van der Waals surface area contributed by atoms with Crippen molar-refractivity contribution in [1.82, 2.24) is 20.1 Å². The lowest BCUT2D eigenvalue weighted by atomic mass is 10.2. The maximum atomic E-state index is 12.5. The topological polar surface area (TPSA) is 78.3 Å². The van der Waals surface area contributed by atoms with Gasteiger partial charge in [0.2, 0.25) is 5.91 Å². The zero-order chi connectivity index (χ0) is 22.5. The fraction of sp³-hybridized carbons (Fsp3) is 0.208. The second kappa shape index (κ2) is 10.1. The molecule has 0 saturated heterocycles. The SMILES string of the molecule is O=C(CSc1nnc(Cc2cccs2)n1-c1ccccc1)NCC1COc2ccccc2O1. The number of hydrogen-bond acceptors (Lipinski definition) is 7. The number of thiophene rings is 1. The quantitative estimate of drug-likeness (QED) is 0.386. The smallest absolute Gasteiger partial charge is 0.230 e. The van der Waals surface area contributed by atoms with Crippen LogP contribution in [0.3, 0.4) is 0 Å². The van der Waals surface area contributed by atoms with Crippen LogP contribution in [0, 0.1) is 0 Å². The number of aromatic nitrogens is 3. The number of para-hydroxylation sites is 3. The summed E-state index contributed by atoms with van der Waals surface area (Å²) in [4.78, 5) is 13.7. The van der Waals surface area contributed by atoms with E-state index in [0.717, 1.165) is 17.3 Å². The predicted molar refractivity (Wildman–Crippen MR) is 129 cm³/mol. The van der Waals surface area contributed by atoms with E-state index in [0.29, 0.717) is 30.5 Å². The number of carbonyl (C=O) groups is 1. The zero-order valence-electron chi connectivity index (χ0n) is 17.7. The van der Waals surface area contributed by atoms with Crippen LogP contribution in [-0.4, -0.2) is 45.7 Å². The van der Waals surface area contributed by atoms with Crippen LogP contribution in [0.5, 0.6) is 11.5 Å². The second-order valence-corrected chi connectivity index (χ2v) is 9.39. The Labute approximate surface area is 199 Å². The first-order chi connectivity index (χ1) is 16.3. The number of nitrogens with one attached hydrogen (secondary N) is 1. The number of carbonyl (C=O) groups excluding carboxylic acids is 1. The Morgan fingerprint density at radius 1 is 1.06 bits per heavy atom. The summed E-state index contributed by atoms with van der Waals surface area (Å²) in [5.74, 6) is 2.41. The van der Waals surface area contributed by atoms with E-state index in [4.69, 9.17) is 9.47 Å². The number of hydrogen-bond donors (Lipinski definition) is 1. The number of amides is 1. The van der Waals surface area contributed by atoms with Crippen LogP contribution in [0.2, 0.25) is 0 Å². The molecular formula is C24H22N4O3S2. The fourth-order valence-corrected chi connectivity index (χ4v) is 4.99. The van der Waals surface area contributed by atoms with Gasteiger partial charge in [0, 0.05) is 17.0 Å². The Hall–Kier alpha value is -3.30. The van der Waals surface area contributed by atoms with Crippen LogP contribution in [0.4, 0.5) is 0 Å². The highest BCUT2D eigenvalue weighted by Gasteiger charge is 2.22. The minimum Gasteiger partial charge on any atom is -0.486 e. The Balaban J connectivity index is 1.21. The van der Waals surface area contributed by atoms with Gasteiger partial charge in [-0.25, -0.2) is 0 Å². The number of thioether (sulfide) groups is 1. The minimum atomic E-state index is -0.223. The summed E-state index contributed by atoms with van der Waals surface area (Å²) in [6.07, 6.45) is 0.464. The van der Waals surface area contributed by atoms with E-state index < -0.39 is 0 Å². The molecule has 1 atom stereocenters. The molecule has 0 radical (unpaired) electrons. The largest absolute Gasteiger partial charge is 0.486 e. The van der Waals surface area contributed by atoms with Gasteiger partial charge in [0.25, 0.3) is 0 Å². The number of ether oxygens (including phenoxy) is 2. The summed E-state index contributed by atoms with van der Waals surface area (Å²) in [7, 11) is 0. The van der Waals surface area contributed by atoms with Crippen molar-refractivity contribution in [1.29, 1.82) is 0 Å². The molecule has 3 heterocycles. The molecule has 0 saturated carbocycles. The first-order valence-corrected chi connectivity index (χ1v) is 12.4. The van der Waals surface area contributed by atoms with Crippen molar-refractivity contribution >= 4 is 29.0 Å². The highest BCUT2D eigenvalue weighted by atomic mass is 32.2. The molecule has 1 N–H and O–H groups in total. The van der Waals surface area contributed by atoms with Crippen LogP contribution >= 0.6 is 23.1 Å². The molecule has 0 bridgehead atoms. The van der Waals surface area contributed by atoms with Crippen molar-refractivity contribution in [3.63, 3.8) is 0 Å². The molecule has 4 aromatic rings. The van der Waals surface area contributed by atoms with E-state index in [-0.39, 0.29) is 17.8 Å². The molecule has 0 aliphatic carbocycles. The van der Waals surface area contributed by atoms with E-state index in [1.165, 1.54) is 16.6 Å². The number of nitrogens with zero attached hydrogens (tertiary/aromatic N) is 3. The minimum absolute atomic E-state index is 0.0927. The highest BCUT2D eigenvalue weighted by Crippen LogP contribution is 2.30. The number of rotatable bonds is 8. The molecule has 0 spiro atoms. The van der Waals surface area contributed by atoms with Crippen molar-refractivity contribution in [2.24, 2.45) is 0 Å². The standard InChI is InChI=1S/C24H22N4O3S2/c29-23(25-14-18-15-30-20-10-4-5-11-21(20)31-18)16-33-24-27-26-22(13-19-9-6-12-32-19)28(24)17-7-2-1-3-8-17/h1-12,18H,13-16H2,(H,25,29). The molecule has 1 aliphatic heterocycles. The molecule has 1 amide bonds. The molecule has 7 nitrogen and oxygen atoms in total. The summed E-state index contributed by atoms with van der Waals surface area (Å²) in [5, 5.41) is 14.5. The number of benzene rings is 2. The van der Waals surface area contributed by atoms with Gasteiger partial charge in [-0.1, -0.05) is 48.2 Å². The lowest BCUT2D eigenvalue weighted by Gasteiger charge is -2.26. The summed E-state index contributed by atoms with van der Waals surface area (Å²) in [6, 6.07) is 21.6.